The van der Waals surface area contributed by atoms with E-state index in [-0.39, 0.29) is 6.10 Å². The second kappa shape index (κ2) is 6.23. The van der Waals surface area contributed by atoms with Gasteiger partial charge < -0.3 is 19.9 Å². The summed E-state index contributed by atoms with van der Waals surface area (Å²) in [4.78, 5) is 0. The van der Waals surface area contributed by atoms with Crippen LogP contribution in [0.3, 0.4) is 0 Å². The van der Waals surface area contributed by atoms with Crippen LogP contribution in [0.25, 0.3) is 0 Å². The lowest BCUT2D eigenvalue weighted by Crippen LogP contribution is -2.12. The molecule has 0 aliphatic heterocycles. The van der Waals surface area contributed by atoms with Crippen LogP contribution in [-0.4, -0.2) is 26.4 Å². The molecule has 90 valence electrons. The van der Waals surface area contributed by atoms with Crippen molar-refractivity contribution in [2.75, 3.05) is 26.1 Å². The van der Waals surface area contributed by atoms with Gasteiger partial charge in [-0.2, -0.15) is 0 Å². The Bertz CT molecular complexity index is 326. The van der Waals surface area contributed by atoms with Crippen LogP contribution in [0.2, 0.25) is 0 Å². The van der Waals surface area contributed by atoms with Gasteiger partial charge in [-0.15, -0.1) is 0 Å². The van der Waals surface area contributed by atoms with Crippen molar-refractivity contribution in [1.82, 2.24) is 0 Å². The van der Waals surface area contributed by atoms with Crippen molar-refractivity contribution in [2.24, 2.45) is 0 Å². The lowest BCUT2D eigenvalue weighted by molar-refractivity contribution is 0.0554. The normalized spacial score (nSPS) is 10.5. The number of benzene rings is 1. The summed E-state index contributed by atoms with van der Waals surface area (Å²) in [6.45, 7) is 5.00. The standard InChI is InChI=1S/C12H19NO3/c1-9(2)15-7-8-16-11-6-4-5-10(14-3)12(11)13/h4-6,9H,7-8,13H2,1-3H3. The average Bonchev–Trinajstić information content (AvgIpc) is 2.26. The number of nitrogens with two attached hydrogens (primary N) is 1. The van der Waals surface area contributed by atoms with Gasteiger partial charge in [-0.1, -0.05) is 6.07 Å². The molecule has 1 rings (SSSR count). The molecule has 1 aromatic rings. The molecule has 0 spiro atoms. The number of methoxy groups -OCH3 is 1. The van der Waals surface area contributed by atoms with Gasteiger partial charge in [0.25, 0.3) is 0 Å². The molecule has 0 aliphatic rings. The Morgan fingerprint density at radius 2 is 1.88 bits per heavy atom. The molecule has 0 saturated carbocycles. The summed E-state index contributed by atoms with van der Waals surface area (Å²) in [7, 11) is 1.58. The average molecular weight is 225 g/mol. The highest BCUT2D eigenvalue weighted by Crippen LogP contribution is 2.30. The number of nitrogen functional groups attached to an aromatic ring is 1. The van der Waals surface area contributed by atoms with E-state index < -0.39 is 0 Å². The molecule has 2 N–H and O–H groups in total. The van der Waals surface area contributed by atoms with Gasteiger partial charge in [0.05, 0.1) is 19.8 Å². The zero-order chi connectivity index (χ0) is 12.0. The molecule has 0 radical (unpaired) electrons. The topological polar surface area (TPSA) is 53.7 Å². The van der Waals surface area contributed by atoms with Gasteiger partial charge in [0, 0.05) is 0 Å². The van der Waals surface area contributed by atoms with E-state index in [4.69, 9.17) is 19.9 Å². The molecule has 1 aromatic carbocycles. The third-order valence-corrected chi connectivity index (χ3v) is 2.04. The molecular formula is C12H19NO3. The summed E-state index contributed by atoms with van der Waals surface area (Å²) < 4.78 is 16.0. The summed E-state index contributed by atoms with van der Waals surface area (Å²) in [5.41, 5.74) is 6.37. The smallest absolute Gasteiger partial charge is 0.146 e. The van der Waals surface area contributed by atoms with Crippen molar-refractivity contribution < 1.29 is 14.2 Å². The molecular weight excluding hydrogens is 206 g/mol. The van der Waals surface area contributed by atoms with Crippen molar-refractivity contribution in [3.63, 3.8) is 0 Å². The Labute approximate surface area is 96.3 Å². The van der Waals surface area contributed by atoms with E-state index in [0.717, 1.165) is 0 Å². The SMILES string of the molecule is COc1cccc(OCCOC(C)C)c1N. The summed E-state index contributed by atoms with van der Waals surface area (Å²) >= 11 is 0. The Balaban J connectivity index is 2.47. The van der Waals surface area contributed by atoms with E-state index in [9.17, 15) is 0 Å². The molecule has 0 aromatic heterocycles. The number of para-hydroxylation sites is 1. The van der Waals surface area contributed by atoms with Gasteiger partial charge in [0.15, 0.2) is 0 Å². The van der Waals surface area contributed by atoms with Gasteiger partial charge in [-0.25, -0.2) is 0 Å². The number of hydrogen-bond donors (Lipinski definition) is 1. The molecule has 4 heteroatoms. The minimum Gasteiger partial charge on any atom is -0.494 e. The van der Waals surface area contributed by atoms with Gasteiger partial charge >= 0.3 is 0 Å². The molecule has 0 atom stereocenters. The molecule has 0 heterocycles. The number of ether oxygens (including phenoxy) is 3. The lowest BCUT2D eigenvalue weighted by Gasteiger charge is -2.12. The monoisotopic (exact) mass is 225 g/mol. The van der Waals surface area contributed by atoms with Gasteiger partial charge in [0.1, 0.15) is 23.8 Å². The van der Waals surface area contributed by atoms with Crippen LogP contribution in [0.1, 0.15) is 13.8 Å². The largest absolute Gasteiger partial charge is 0.494 e. The minimum absolute atomic E-state index is 0.214. The maximum atomic E-state index is 5.85. The second-order valence-electron chi connectivity index (χ2n) is 3.64. The van der Waals surface area contributed by atoms with Gasteiger partial charge in [-0.3, -0.25) is 0 Å². The van der Waals surface area contributed by atoms with E-state index in [2.05, 4.69) is 0 Å². The van der Waals surface area contributed by atoms with E-state index >= 15 is 0 Å². The first-order valence-electron chi connectivity index (χ1n) is 5.32. The summed E-state index contributed by atoms with van der Waals surface area (Å²) in [5.74, 6) is 1.26. The number of anilines is 1. The zero-order valence-electron chi connectivity index (χ0n) is 10.0. The third kappa shape index (κ3) is 3.62. The fraction of sp³-hybridized carbons (Fsp3) is 0.500. The Hall–Kier alpha value is -1.42. The first-order chi connectivity index (χ1) is 7.65. The summed E-state index contributed by atoms with van der Waals surface area (Å²) in [6.07, 6.45) is 0.214. The fourth-order valence-corrected chi connectivity index (χ4v) is 1.26. The van der Waals surface area contributed by atoms with Crippen LogP contribution in [0.15, 0.2) is 18.2 Å². The van der Waals surface area contributed by atoms with Crippen molar-refractivity contribution in [1.29, 1.82) is 0 Å². The summed E-state index contributed by atoms with van der Waals surface area (Å²) in [5, 5.41) is 0. The number of rotatable bonds is 6. The van der Waals surface area contributed by atoms with E-state index in [1.807, 2.05) is 26.0 Å². The Morgan fingerprint density at radius 1 is 1.19 bits per heavy atom. The Morgan fingerprint density at radius 3 is 2.50 bits per heavy atom. The number of hydrogen-bond acceptors (Lipinski definition) is 4. The van der Waals surface area contributed by atoms with Crippen molar-refractivity contribution in [3.05, 3.63) is 18.2 Å². The van der Waals surface area contributed by atoms with E-state index in [1.54, 1.807) is 13.2 Å². The van der Waals surface area contributed by atoms with Crippen molar-refractivity contribution in [3.8, 4) is 11.5 Å². The minimum atomic E-state index is 0.214. The van der Waals surface area contributed by atoms with Crippen LogP contribution in [0.5, 0.6) is 11.5 Å². The molecule has 0 aliphatic carbocycles. The maximum Gasteiger partial charge on any atom is 0.146 e. The molecule has 16 heavy (non-hydrogen) atoms. The molecule has 0 bridgehead atoms. The second-order valence-corrected chi connectivity index (χ2v) is 3.64. The predicted molar refractivity (Wildman–Crippen MR) is 64.0 cm³/mol. The maximum absolute atomic E-state index is 5.85. The molecule has 0 unspecified atom stereocenters. The molecule has 4 nitrogen and oxygen atoms in total. The first-order valence-corrected chi connectivity index (χ1v) is 5.32. The molecule has 0 saturated heterocycles. The van der Waals surface area contributed by atoms with Crippen molar-refractivity contribution >= 4 is 5.69 Å². The zero-order valence-corrected chi connectivity index (χ0v) is 10.0. The Kier molecular flexibility index (Phi) is 4.92. The summed E-state index contributed by atoms with van der Waals surface area (Å²) in [6, 6.07) is 5.45. The quantitative estimate of drug-likeness (QED) is 0.595. The third-order valence-electron chi connectivity index (χ3n) is 2.04. The molecule has 0 fully saturated rings. The van der Waals surface area contributed by atoms with Crippen LogP contribution < -0.4 is 15.2 Å². The van der Waals surface area contributed by atoms with Crippen LogP contribution in [0.4, 0.5) is 5.69 Å². The lowest BCUT2D eigenvalue weighted by atomic mass is 10.3. The van der Waals surface area contributed by atoms with Crippen LogP contribution >= 0.6 is 0 Å². The van der Waals surface area contributed by atoms with Crippen LogP contribution in [0, 0.1) is 0 Å². The highest BCUT2D eigenvalue weighted by atomic mass is 16.5. The highest BCUT2D eigenvalue weighted by Gasteiger charge is 2.05. The van der Waals surface area contributed by atoms with Gasteiger partial charge in [0.2, 0.25) is 0 Å². The first kappa shape index (κ1) is 12.6. The van der Waals surface area contributed by atoms with E-state index in [1.165, 1.54) is 0 Å². The molecule has 0 amide bonds. The fourth-order valence-electron chi connectivity index (χ4n) is 1.26. The highest BCUT2D eigenvalue weighted by molar-refractivity contribution is 5.62. The van der Waals surface area contributed by atoms with Gasteiger partial charge in [-0.05, 0) is 26.0 Å². The van der Waals surface area contributed by atoms with Crippen molar-refractivity contribution in [2.45, 2.75) is 20.0 Å². The van der Waals surface area contributed by atoms with Crippen LogP contribution in [-0.2, 0) is 4.74 Å². The predicted octanol–water partition coefficient (Wildman–Crippen LogP) is 2.08. The van der Waals surface area contributed by atoms with E-state index in [0.29, 0.717) is 30.4 Å².